The van der Waals surface area contributed by atoms with E-state index in [0.29, 0.717) is 5.03 Å². The molecule has 0 fully saturated rings. The molecular weight excluding hydrogens is 256 g/mol. The number of hydrogen-bond donors (Lipinski definition) is 1. The van der Waals surface area contributed by atoms with Crippen LogP contribution in [-0.2, 0) is 6.42 Å². The molecular formula is C12H11F2N3S. The average Bonchev–Trinajstić information content (AvgIpc) is 2.34. The molecule has 0 saturated carbocycles. The summed E-state index contributed by atoms with van der Waals surface area (Å²) in [5.74, 6) is -1.37. The van der Waals surface area contributed by atoms with E-state index in [0.717, 1.165) is 36.0 Å². The van der Waals surface area contributed by atoms with Gasteiger partial charge in [-0.05, 0) is 24.6 Å². The molecule has 0 atom stereocenters. The Morgan fingerprint density at radius 2 is 1.83 bits per heavy atom. The van der Waals surface area contributed by atoms with Gasteiger partial charge < -0.3 is 5.73 Å². The van der Waals surface area contributed by atoms with E-state index in [1.54, 1.807) is 6.07 Å². The summed E-state index contributed by atoms with van der Waals surface area (Å²) < 4.78 is 27.2. The topological polar surface area (TPSA) is 51.8 Å². The van der Waals surface area contributed by atoms with Crippen LogP contribution >= 0.6 is 11.8 Å². The molecule has 18 heavy (non-hydrogen) atoms. The molecule has 2 N–H and O–H groups in total. The van der Waals surface area contributed by atoms with Crippen LogP contribution in [0.5, 0.6) is 0 Å². The number of benzene rings is 1. The van der Waals surface area contributed by atoms with Gasteiger partial charge in [0.15, 0.2) is 0 Å². The summed E-state index contributed by atoms with van der Waals surface area (Å²) in [7, 11) is 0. The molecule has 0 amide bonds. The SMILES string of the molecule is CCc1cc(Sc2c(F)cc(N)cc2F)ncn1. The van der Waals surface area contributed by atoms with Crippen LogP contribution in [0.3, 0.4) is 0 Å². The number of aromatic nitrogens is 2. The Balaban J connectivity index is 2.33. The molecule has 0 unspecified atom stereocenters. The van der Waals surface area contributed by atoms with E-state index in [9.17, 15) is 8.78 Å². The molecule has 1 aromatic heterocycles. The number of nitrogens with zero attached hydrogens (tertiary/aromatic N) is 2. The van der Waals surface area contributed by atoms with Crippen molar-refractivity contribution in [2.24, 2.45) is 0 Å². The number of nitrogens with two attached hydrogens (primary N) is 1. The van der Waals surface area contributed by atoms with Crippen LogP contribution in [0.15, 0.2) is 34.4 Å². The van der Waals surface area contributed by atoms with Crippen molar-refractivity contribution < 1.29 is 8.78 Å². The van der Waals surface area contributed by atoms with Gasteiger partial charge in [-0.15, -0.1) is 0 Å². The van der Waals surface area contributed by atoms with E-state index in [2.05, 4.69) is 9.97 Å². The number of hydrogen-bond acceptors (Lipinski definition) is 4. The van der Waals surface area contributed by atoms with Crippen LogP contribution in [0, 0.1) is 11.6 Å². The van der Waals surface area contributed by atoms with E-state index < -0.39 is 11.6 Å². The van der Waals surface area contributed by atoms with Gasteiger partial charge in [-0.25, -0.2) is 18.7 Å². The zero-order valence-corrected chi connectivity index (χ0v) is 10.5. The van der Waals surface area contributed by atoms with Gasteiger partial charge in [-0.1, -0.05) is 18.7 Å². The summed E-state index contributed by atoms with van der Waals surface area (Å²) in [6.07, 6.45) is 2.12. The first-order valence-corrected chi connectivity index (χ1v) is 6.15. The van der Waals surface area contributed by atoms with E-state index in [1.807, 2.05) is 6.92 Å². The lowest BCUT2D eigenvalue weighted by molar-refractivity contribution is 0.541. The molecule has 0 aliphatic heterocycles. The minimum Gasteiger partial charge on any atom is -0.399 e. The van der Waals surface area contributed by atoms with Gasteiger partial charge in [0.2, 0.25) is 0 Å². The van der Waals surface area contributed by atoms with E-state index in [-0.39, 0.29) is 10.6 Å². The van der Waals surface area contributed by atoms with E-state index >= 15 is 0 Å². The third-order valence-electron chi connectivity index (χ3n) is 2.29. The Morgan fingerprint density at radius 1 is 1.17 bits per heavy atom. The predicted molar refractivity (Wildman–Crippen MR) is 66.3 cm³/mol. The van der Waals surface area contributed by atoms with E-state index in [1.165, 1.54) is 6.33 Å². The fraction of sp³-hybridized carbons (Fsp3) is 0.167. The van der Waals surface area contributed by atoms with Gasteiger partial charge in [-0.3, -0.25) is 0 Å². The lowest BCUT2D eigenvalue weighted by atomic mass is 10.3. The Hall–Kier alpha value is -1.69. The van der Waals surface area contributed by atoms with Crippen LogP contribution < -0.4 is 5.73 Å². The second-order valence-electron chi connectivity index (χ2n) is 3.62. The standard InChI is InChI=1S/C12H11F2N3S/c1-2-8-5-11(17-6-16-8)18-12-9(13)3-7(15)4-10(12)14/h3-6H,2,15H2,1H3. The maximum atomic E-state index is 13.6. The molecule has 2 rings (SSSR count). The molecule has 0 spiro atoms. The van der Waals surface area contributed by atoms with Crippen molar-refractivity contribution in [3.05, 3.63) is 41.9 Å². The van der Waals surface area contributed by atoms with Crippen molar-refractivity contribution in [3.63, 3.8) is 0 Å². The molecule has 94 valence electrons. The summed E-state index contributed by atoms with van der Waals surface area (Å²) in [6, 6.07) is 3.89. The molecule has 1 aromatic carbocycles. The minimum atomic E-state index is -0.686. The summed E-state index contributed by atoms with van der Waals surface area (Å²) in [5, 5.41) is 0.504. The lowest BCUT2D eigenvalue weighted by Crippen LogP contribution is -1.95. The number of aryl methyl sites for hydroxylation is 1. The highest BCUT2D eigenvalue weighted by Gasteiger charge is 2.13. The van der Waals surface area contributed by atoms with Crippen LogP contribution in [0.2, 0.25) is 0 Å². The van der Waals surface area contributed by atoms with Gasteiger partial charge in [0, 0.05) is 11.4 Å². The van der Waals surface area contributed by atoms with Crippen molar-refractivity contribution in [1.82, 2.24) is 9.97 Å². The monoisotopic (exact) mass is 267 g/mol. The van der Waals surface area contributed by atoms with Gasteiger partial charge in [0.1, 0.15) is 23.0 Å². The van der Waals surface area contributed by atoms with Gasteiger partial charge >= 0.3 is 0 Å². The molecule has 0 bridgehead atoms. The van der Waals surface area contributed by atoms with Gasteiger partial charge in [-0.2, -0.15) is 0 Å². The van der Waals surface area contributed by atoms with Crippen molar-refractivity contribution in [2.45, 2.75) is 23.3 Å². The van der Waals surface area contributed by atoms with Crippen molar-refractivity contribution in [1.29, 1.82) is 0 Å². The van der Waals surface area contributed by atoms with Crippen LogP contribution in [0.1, 0.15) is 12.6 Å². The summed E-state index contributed by atoms with van der Waals surface area (Å²) >= 11 is 0.922. The number of rotatable bonds is 3. The Bertz CT molecular complexity index is 552. The quantitative estimate of drug-likeness (QED) is 0.686. The molecule has 3 nitrogen and oxygen atoms in total. The van der Waals surface area contributed by atoms with Crippen LogP contribution in [-0.4, -0.2) is 9.97 Å². The highest BCUT2D eigenvalue weighted by Crippen LogP contribution is 2.32. The van der Waals surface area contributed by atoms with Crippen molar-refractivity contribution in [3.8, 4) is 0 Å². The highest BCUT2D eigenvalue weighted by molar-refractivity contribution is 7.99. The normalized spacial score (nSPS) is 10.6. The lowest BCUT2D eigenvalue weighted by Gasteiger charge is -2.06. The smallest absolute Gasteiger partial charge is 0.142 e. The summed E-state index contributed by atoms with van der Waals surface area (Å²) in [5.41, 5.74) is 6.24. The molecule has 0 aliphatic rings. The highest BCUT2D eigenvalue weighted by atomic mass is 32.2. The molecule has 0 aliphatic carbocycles. The fourth-order valence-electron chi connectivity index (χ4n) is 1.41. The first kappa shape index (κ1) is 12.8. The Kier molecular flexibility index (Phi) is 3.76. The van der Waals surface area contributed by atoms with Gasteiger partial charge in [0.25, 0.3) is 0 Å². The number of anilines is 1. The van der Waals surface area contributed by atoms with Crippen LogP contribution in [0.4, 0.5) is 14.5 Å². The second kappa shape index (κ2) is 5.30. The predicted octanol–water partition coefficient (Wildman–Crippen LogP) is 3.05. The summed E-state index contributed by atoms with van der Waals surface area (Å²) in [6.45, 7) is 1.95. The summed E-state index contributed by atoms with van der Waals surface area (Å²) in [4.78, 5) is 7.89. The Labute approximate surface area is 107 Å². The zero-order valence-electron chi connectivity index (χ0n) is 9.65. The average molecular weight is 267 g/mol. The maximum absolute atomic E-state index is 13.6. The zero-order chi connectivity index (χ0) is 13.1. The van der Waals surface area contributed by atoms with E-state index in [4.69, 9.17) is 5.73 Å². The number of nitrogen functional groups attached to an aromatic ring is 1. The minimum absolute atomic E-state index is 0.0614. The number of halogens is 2. The molecule has 0 radical (unpaired) electrons. The largest absolute Gasteiger partial charge is 0.399 e. The maximum Gasteiger partial charge on any atom is 0.142 e. The third kappa shape index (κ3) is 2.76. The first-order valence-electron chi connectivity index (χ1n) is 5.33. The van der Waals surface area contributed by atoms with Gasteiger partial charge in [0.05, 0.1) is 4.90 Å². The van der Waals surface area contributed by atoms with Crippen molar-refractivity contribution >= 4 is 17.4 Å². The van der Waals surface area contributed by atoms with Crippen LogP contribution in [0.25, 0.3) is 0 Å². The Morgan fingerprint density at radius 3 is 2.44 bits per heavy atom. The first-order chi connectivity index (χ1) is 8.60. The molecule has 0 saturated heterocycles. The molecule has 1 heterocycles. The van der Waals surface area contributed by atoms with Crippen molar-refractivity contribution in [2.75, 3.05) is 5.73 Å². The second-order valence-corrected chi connectivity index (χ2v) is 4.65. The third-order valence-corrected chi connectivity index (χ3v) is 3.31. The fourth-order valence-corrected chi connectivity index (χ4v) is 2.22. The molecule has 6 heteroatoms. The molecule has 2 aromatic rings.